The Bertz CT molecular complexity index is 979. The van der Waals surface area contributed by atoms with E-state index in [9.17, 15) is 9.90 Å². The van der Waals surface area contributed by atoms with Crippen molar-refractivity contribution < 1.29 is 28.8 Å². The van der Waals surface area contributed by atoms with Gasteiger partial charge in [0.2, 0.25) is 6.79 Å². The number of esters is 1. The molecule has 28 heavy (non-hydrogen) atoms. The van der Waals surface area contributed by atoms with Crippen LogP contribution < -0.4 is 4.74 Å². The third-order valence-electron chi connectivity index (χ3n) is 4.63. The molecule has 2 heterocycles. The smallest absolute Gasteiger partial charge is 0.345 e. The van der Waals surface area contributed by atoms with Gasteiger partial charge >= 0.3 is 5.97 Å². The Labute approximate surface area is 166 Å². The molecule has 4 rings (SSSR count). The summed E-state index contributed by atoms with van der Waals surface area (Å²) in [6, 6.07) is 13.8. The molecule has 2 aromatic rings. The SMILES string of the molecule is COc1ccc(C2(O)OC(=O)C(C3=COCO3)=C2Cc2cccc(Cl)c2)cc1. The fraction of sp³-hybridized carbons (Fsp3) is 0.190. The number of hydrogen-bond acceptors (Lipinski definition) is 6. The largest absolute Gasteiger partial charge is 0.497 e. The zero-order valence-electron chi connectivity index (χ0n) is 15.0. The predicted molar refractivity (Wildman–Crippen MR) is 100 cm³/mol. The van der Waals surface area contributed by atoms with Gasteiger partial charge in [0.1, 0.15) is 17.6 Å². The van der Waals surface area contributed by atoms with Gasteiger partial charge in [-0.15, -0.1) is 0 Å². The second kappa shape index (κ2) is 7.22. The van der Waals surface area contributed by atoms with Gasteiger partial charge in [0.05, 0.1) is 7.11 Å². The highest BCUT2D eigenvalue weighted by Crippen LogP contribution is 2.44. The van der Waals surface area contributed by atoms with E-state index in [0.29, 0.717) is 21.9 Å². The van der Waals surface area contributed by atoms with E-state index in [1.807, 2.05) is 6.07 Å². The van der Waals surface area contributed by atoms with E-state index in [1.54, 1.807) is 49.6 Å². The molecule has 2 aliphatic heterocycles. The Hall–Kier alpha value is -2.96. The molecular formula is C21H17ClO6. The average molecular weight is 401 g/mol. The standard InChI is InChI=1S/C21H17ClO6/c1-25-16-7-5-14(6-8-16)21(24)17(10-13-3-2-4-15(22)9-13)19(20(23)28-21)18-11-26-12-27-18/h2-9,11,24H,10,12H2,1H3. The second-order valence-corrected chi connectivity index (χ2v) is 6.77. The van der Waals surface area contributed by atoms with E-state index in [2.05, 4.69) is 0 Å². The first kappa shape index (κ1) is 18.4. The van der Waals surface area contributed by atoms with Crippen LogP contribution in [0.3, 0.4) is 0 Å². The first-order valence-electron chi connectivity index (χ1n) is 8.54. The maximum absolute atomic E-state index is 12.7. The van der Waals surface area contributed by atoms with Crippen LogP contribution in [0.5, 0.6) is 5.75 Å². The summed E-state index contributed by atoms with van der Waals surface area (Å²) in [5, 5.41) is 12.0. The van der Waals surface area contributed by atoms with E-state index in [4.69, 9.17) is 30.5 Å². The Kier molecular flexibility index (Phi) is 4.75. The lowest BCUT2D eigenvalue weighted by molar-refractivity contribution is -0.186. The summed E-state index contributed by atoms with van der Waals surface area (Å²) < 4.78 is 21.1. The van der Waals surface area contributed by atoms with Gasteiger partial charge in [0, 0.05) is 22.6 Å². The lowest BCUT2D eigenvalue weighted by atomic mass is 9.90. The van der Waals surface area contributed by atoms with Gasteiger partial charge in [-0.2, -0.15) is 0 Å². The van der Waals surface area contributed by atoms with Crippen molar-refractivity contribution >= 4 is 17.6 Å². The summed E-state index contributed by atoms with van der Waals surface area (Å²) in [6.07, 6.45) is 1.57. The molecular weight excluding hydrogens is 384 g/mol. The number of carbonyl (C=O) groups is 1. The molecule has 144 valence electrons. The number of aliphatic hydroxyl groups is 1. The molecule has 0 amide bonds. The molecule has 1 unspecified atom stereocenters. The molecule has 7 heteroatoms. The molecule has 0 radical (unpaired) electrons. The summed E-state index contributed by atoms with van der Waals surface area (Å²) in [6.45, 7) is -0.00246. The number of ether oxygens (including phenoxy) is 4. The van der Waals surface area contributed by atoms with Crippen molar-refractivity contribution in [2.24, 2.45) is 0 Å². The van der Waals surface area contributed by atoms with Crippen LogP contribution in [-0.2, 0) is 31.2 Å². The topological polar surface area (TPSA) is 74.2 Å². The van der Waals surface area contributed by atoms with Gasteiger partial charge in [0.15, 0.2) is 5.76 Å². The van der Waals surface area contributed by atoms with Crippen LogP contribution in [0.2, 0.25) is 5.02 Å². The molecule has 2 aromatic carbocycles. The summed E-state index contributed by atoms with van der Waals surface area (Å²) in [5.74, 6) is -1.79. The summed E-state index contributed by atoms with van der Waals surface area (Å²) in [5.41, 5.74) is 1.70. The normalized spacial score (nSPS) is 21.1. The van der Waals surface area contributed by atoms with Crippen molar-refractivity contribution in [1.29, 1.82) is 0 Å². The van der Waals surface area contributed by atoms with Crippen molar-refractivity contribution in [3.8, 4) is 5.75 Å². The first-order valence-corrected chi connectivity index (χ1v) is 8.92. The number of cyclic esters (lactones) is 1. The molecule has 0 fully saturated rings. The number of rotatable bonds is 5. The van der Waals surface area contributed by atoms with Crippen molar-refractivity contribution in [1.82, 2.24) is 0 Å². The van der Waals surface area contributed by atoms with Crippen LogP contribution in [0.4, 0.5) is 0 Å². The van der Waals surface area contributed by atoms with Crippen LogP contribution in [0.1, 0.15) is 11.1 Å². The third-order valence-corrected chi connectivity index (χ3v) is 4.86. The van der Waals surface area contributed by atoms with Crippen molar-refractivity contribution in [2.45, 2.75) is 12.2 Å². The number of carbonyl (C=O) groups excluding carboxylic acids is 1. The van der Waals surface area contributed by atoms with Crippen LogP contribution in [0.15, 0.2) is 71.7 Å². The highest BCUT2D eigenvalue weighted by Gasteiger charge is 2.49. The number of hydrogen-bond donors (Lipinski definition) is 1. The molecule has 0 aromatic heterocycles. The Morgan fingerprint density at radius 2 is 2.00 bits per heavy atom. The molecule has 2 aliphatic rings. The van der Waals surface area contributed by atoms with Gasteiger partial charge in [-0.3, -0.25) is 0 Å². The minimum Gasteiger partial charge on any atom is -0.497 e. The summed E-state index contributed by atoms with van der Waals surface area (Å²) >= 11 is 6.10. The number of halogens is 1. The van der Waals surface area contributed by atoms with Crippen molar-refractivity contribution in [3.05, 3.63) is 87.8 Å². The van der Waals surface area contributed by atoms with Crippen LogP contribution >= 0.6 is 11.6 Å². The Balaban J connectivity index is 1.83. The summed E-state index contributed by atoms with van der Waals surface area (Å²) in [7, 11) is 1.55. The highest BCUT2D eigenvalue weighted by molar-refractivity contribution is 6.30. The quantitative estimate of drug-likeness (QED) is 0.775. The van der Waals surface area contributed by atoms with Gasteiger partial charge in [0.25, 0.3) is 5.79 Å². The van der Waals surface area contributed by atoms with Crippen molar-refractivity contribution in [3.63, 3.8) is 0 Å². The van der Waals surface area contributed by atoms with E-state index in [0.717, 1.165) is 5.56 Å². The number of benzene rings is 2. The molecule has 0 saturated heterocycles. The molecule has 0 aliphatic carbocycles. The minimum atomic E-state index is -1.95. The second-order valence-electron chi connectivity index (χ2n) is 6.33. The van der Waals surface area contributed by atoms with Gasteiger partial charge in [-0.05, 0) is 42.0 Å². The van der Waals surface area contributed by atoms with Gasteiger partial charge < -0.3 is 24.1 Å². The monoisotopic (exact) mass is 400 g/mol. The van der Waals surface area contributed by atoms with Gasteiger partial charge in [-0.25, -0.2) is 4.79 Å². The molecule has 1 atom stereocenters. The van der Waals surface area contributed by atoms with E-state index in [1.165, 1.54) is 6.26 Å². The van der Waals surface area contributed by atoms with Crippen molar-refractivity contribution in [2.75, 3.05) is 13.9 Å². The maximum Gasteiger partial charge on any atom is 0.345 e. The minimum absolute atomic E-state index is 0.00246. The average Bonchev–Trinajstić information content (AvgIpc) is 3.29. The third kappa shape index (κ3) is 3.21. The van der Waals surface area contributed by atoms with Crippen LogP contribution in [0.25, 0.3) is 0 Å². The van der Waals surface area contributed by atoms with E-state index >= 15 is 0 Å². The number of methoxy groups -OCH3 is 1. The molecule has 1 N–H and O–H groups in total. The predicted octanol–water partition coefficient (Wildman–Crippen LogP) is 3.44. The fourth-order valence-electron chi connectivity index (χ4n) is 3.27. The Morgan fingerprint density at radius 3 is 2.64 bits per heavy atom. The molecule has 6 nitrogen and oxygen atoms in total. The Morgan fingerprint density at radius 1 is 1.21 bits per heavy atom. The van der Waals surface area contributed by atoms with Crippen LogP contribution in [0, 0.1) is 0 Å². The zero-order chi connectivity index (χ0) is 19.7. The maximum atomic E-state index is 12.7. The first-order chi connectivity index (χ1) is 13.5. The fourth-order valence-corrected chi connectivity index (χ4v) is 3.48. The van der Waals surface area contributed by atoms with Crippen LogP contribution in [-0.4, -0.2) is 25.0 Å². The highest BCUT2D eigenvalue weighted by atomic mass is 35.5. The molecule has 0 bridgehead atoms. The summed E-state index contributed by atoms with van der Waals surface area (Å²) in [4.78, 5) is 12.7. The lowest BCUT2D eigenvalue weighted by Gasteiger charge is -2.26. The van der Waals surface area contributed by atoms with E-state index in [-0.39, 0.29) is 24.5 Å². The lowest BCUT2D eigenvalue weighted by Crippen LogP contribution is -2.29. The molecule has 0 spiro atoms. The zero-order valence-corrected chi connectivity index (χ0v) is 15.7. The molecule has 0 saturated carbocycles. The van der Waals surface area contributed by atoms with E-state index < -0.39 is 11.8 Å². The van der Waals surface area contributed by atoms with Gasteiger partial charge in [-0.1, -0.05) is 23.7 Å².